The normalized spacial score (nSPS) is 17.4. The third-order valence-corrected chi connectivity index (χ3v) is 2.72. The van der Waals surface area contributed by atoms with Crippen LogP contribution in [0.15, 0.2) is 11.1 Å². The Labute approximate surface area is 110 Å². The summed E-state index contributed by atoms with van der Waals surface area (Å²) >= 11 is 0. The maximum absolute atomic E-state index is 11.6. The first-order valence-electron chi connectivity index (χ1n) is 5.77. The van der Waals surface area contributed by atoms with Crippen LogP contribution in [0, 0.1) is 0 Å². The molecule has 0 aromatic carbocycles. The molecule has 1 aliphatic heterocycles. The Balaban J connectivity index is 2.50. The molecule has 106 valence electrons. The van der Waals surface area contributed by atoms with E-state index in [4.69, 9.17) is 9.84 Å². The van der Waals surface area contributed by atoms with Gasteiger partial charge in [-0.15, -0.1) is 0 Å². The fraction of sp³-hybridized carbons (Fsp3) is 0.545. The summed E-state index contributed by atoms with van der Waals surface area (Å²) in [6.07, 6.45) is 0. The standard InChI is InChI=1S/C11H17N3O5/c1-7(8(2)10(16)17)9(15)12-11(18)13-14-3-5-19-6-4-14/h3-6H2,1-2H3,(H,16,17)(H2,12,13,15,18). The van der Waals surface area contributed by atoms with Crippen molar-refractivity contribution < 1.29 is 24.2 Å². The van der Waals surface area contributed by atoms with Crippen molar-refractivity contribution in [2.24, 2.45) is 0 Å². The number of carbonyl (C=O) groups excluding carboxylic acids is 2. The summed E-state index contributed by atoms with van der Waals surface area (Å²) in [5.74, 6) is -1.92. The van der Waals surface area contributed by atoms with Crippen molar-refractivity contribution in [2.45, 2.75) is 13.8 Å². The van der Waals surface area contributed by atoms with Gasteiger partial charge in [0.1, 0.15) is 0 Å². The topological polar surface area (TPSA) is 108 Å². The molecular formula is C11H17N3O5. The molecule has 1 saturated heterocycles. The molecule has 0 saturated carbocycles. The number of morpholine rings is 1. The lowest BCUT2D eigenvalue weighted by atomic mass is 10.1. The van der Waals surface area contributed by atoms with Crippen molar-refractivity contribution in [1.29, 1.82) is 0 Å². The van der Waals surface area contributed by atoms with Gasteiger partial charge >= 0.3 is 12.0 Å². The molecule has 1 aliphatic rings. The van der Waals surface area contributed by atoms with Crippen LogP contribution in [0.5, 0.6) is 0 Å². The van der Waals surface area contributed by atoms with Crippen LogP contribution in [0.25, 0.3) is 0 Å². The molecule has 0 aliphatic carbocycles. The van der Waals surface area contributed by atoms with Crippen LogP contribution < -0.4 is 10.7 Å². The van der Waals surface area contributed by atoms with Gasteiger partial charge in [0.25, 0.3) is 5.91 Å². The predicted molar refractivity (Wildman–Crippen MR) is 65.1 cm³/mol. The molecule has 0 bridgehead atoms. The van der Waals surface area contributed by atoms with E-state index < -0.39 is 17.9 Å². The minimum absolute atomic E-state index is 0.00960. The fourth-order valence-electron chi connectivity index (χ4n) is 1.37. The number of nitrogens with zero attached hydrogens (tertiary/aromatic N) is 1. The maximum Gasteiger partial charge on any atom is 0.336 e. The molecule has 0 unspecified atom stereocenters. The maximum atomic E-state index is 11.6. The van der Waals surface area contributed by atoms with Gasteiger partial charge in [-0.25, -0.2) is 14.6 Å². The number of hydrogen-bond acceptors (Lipinski definition) is 5. The van der Waals surface area contributed by atoms with Gasteiger partial charge in [-0.05, 0) is 13.8 Å². The number of carboxylic acids is 1. The highest BCUT2D eigenvalue weighted by atomic mass is 16.5. The lowest BCUT2D eigenvalue weighted by Crippen LogP contribution is -2.52. The second-order valence-electron chi connectivity index (χ2n) is 4.05. The number of imide groups is 1. The molecule has 0 aromatic rings. The minimum Gasteiger partial charge on any atom is -0.478 e. The van der Waals surface area contributed by atoms with Crippen molar-refractivity contribution in [1.82, 2.24) is 15.8 Å². The van der Waals surface area contributed by atoms with E-state index in [-0.39, 0.29) is 11.1 Å². The average molecular weight is 271 g/mol. The highest BCUT2D eigenvalue weighted by molar-refractivity contribution is 6.07. The van der Waals surface area contributed by atoms with Crippen molar-refractivity contribution >= 4 is 17.9 Å². The Kier molecular flexibility index (Phi) is 5.46. The van der Waals surface area contributed by atoms with Gasteiger partial charge in [0.05, 0.1) is 13.2 Å². The molecule has 0 aromatic heterocycles. The minimum atomic E-state index is -1.19. The molecule has 1 heterocycles. The first kappa shape index (κ1) is 15.1. The number of carbonyl (C=O) groups is 3. The second-order valence-corrected chi connectivity index (χ2v) is 4.05. The number of rotatable bonds is 3. The number of ether oxygens (including phenoxy) is 1. The zero-order valence-corrected chi connectivity index (χ0v) is 10.9. The quantitative estimate of drug-likeness (QED) is 0.596. The molecule has 8 nitrogen and oxygen atoms in total. The Morgan fingerprint density at radius 3 is 2.21 bits per heavy atom. The number of nitrogens with one attached hydrogen (secondary N) is 2. The zero-order chi connectivity index (χ0) is 14.4. The second kappa shape index (κ2) is 6.86. The molecule has 3 amide bonds. The third kappa shape index (κ3) is 4.68. The molecule has 0 radical (unpaired) electrons. The number of urea groups is 1. The van der Waals surface area contributed by atoms with E-state index in [1.807, 2.05) is 0 Å². The van der Waals surface area contributed by atoms with E-state index in [0.717, 1.165) is 0 Å². The monoisotopic (exact) mass is 271 g/mol. The first-order chi connectivity index (χ1) is 8.91. The van der Waals surface area contributed by atoms with E-state index in [0.29, 0.717) is 26.3 Å². The summed E-state index contributed by atoms with van der Waals surface area (Å²) < 4.78 is 5.11. The number of amides is 3. The van der Waals surface area contributed by atoms with Crippen LogP contribution >= 0.6 is 0 Å². The largest absolute Gasteiger partial charge is 0.478 e. The smallest absolute Gasteiger partial charge is 0.336 e. The van der Waals surface area contributed by atoms with Crippen LogP contribution in [0.3, 0.4) is 0 Å². The number of aliphatic carboxylic acids is 1. The number of hydrazine groups is 1. The molecule has 8 heteroatoms. The summed E-state index contributed by atoms with van der Waals surface area (Å²) in [5, 5.41) is 12.4. The summed E-state index contributed by atoms with van der Waals surface area (Å²) in [7, 11) is 0. The summed E-state index contributed by atoms with van der Waals surface area (Å²) in [4.78, 5) is 33.8. The van der Waals surface area contributed by atoms with Crippen molar-refractivity contribution in [3.8, 4) is 0 Å². The van der Waals surface area contributed by atoms with Crippen LogP contribution in [-0.2, 0) is 14.3 Å². The third-order valence-electron chi connectivity index (χ3n) is 2.72. The van der Waals surface area contributed by atoms with E-state index in [1.54, 1.807) is 5.01 Å². The highest BCUT2D eigenvalue weighted by Crippen LogP contribution is 2.03. The fourth-order valence-corrected chi connectivity index (χ4v) is 1.37. The Morgan fingerprint density at radius 2 is 1.68 bits per heavy atom. The summed E-state index contributed by atoms with van der Waals surface area (Å²) in [6.45, 7) is 4.73. The number of hydrogen-bond donors (Lipinski definition) is 3. The molecule has 1 rings (SSSR count). The van der Waals surface area contributed by atoms with Gasteiger partial charge in [-0.2, -0.15) is 0 Å². The van der Waals surface area contributed by atoms with Gasteiger partial charge in [-0.1, -0.05) is 0 Å². The highest BCUT2D eigenvalue weighted by Gasteiger charge is 2.17. The summed E-state index contributed by atoms with van der Waals surface area (Å²) in [5.41, 5.74) is 2.38. The van der Waals surface area contributed by atoms with Crippen LogP contribution in [0.4, 0.5) is 4.79 Å². The summed E-state index contributed by atoms with van der Waals surface area (Å²) in [6, 6.07) is -0.690. The molecule has 19 heavy (non-hydrogen) atoms. The molecule has 0 spiro atoms. The van der Waals surface area contributed by atoms with Gasteiger partial charge in [0, 0.05) is 24.2 Å². The SMILES string of the molecule is CC(C(=O)O)=C(C)C(=O)NC(=O)NN1CCOCC1. The number of carboxylic acid groups (broad SMARTS) is 1. The van der Waals surface area contributed by atoms with Crippen LogP contribution in [-0.4, -0.2) is 54.3 Å². The Hall–Kier alpha value is -1.93. The molecule has 0 atom stereocenters. The lowest BCUT2D eigenvalue weighted by Gasteiger charge is -2.26. The Morgan fingerprint density at radius 1 is 1.11 bits per heavy atom. The van der Waals surface area contributed by atoms with Crippen molar-refractivity contribution in [2.75, 3.05) is 26.3 Å². The molecular weight excluding hydrogens is 254 g/mol. The van der Waals surface area contributed by atoms with Gasteiger partial charge in [0.2, 0.25) is 0 Å². The van der Waals surface area contributed by atoms with E-state index in [2.05, 4.69) is 10.7 Å². The van der Waals surface area contributed by atoms with E-state index in [9.17, 15) is 14.4 Å². The average Bonchev–Trinajstić information content (AvgIpc) is 2.37. The predicted octanol–water partition coefficient (Wildman–Crippen LogP) is -0.520. The van der Waals surface area contributed by atoms with Crippen molar-refractivity contribution in [3.05, 3.63) is 11.1 Å². The van der Waals surface area contributed by atoms with Crippen molar-refractivity contribution in [3.63, 3.8) is 0 Å². The molecule has 1 fully saturated rings. The first-order valence-corrected chi connectivity index (χ1v) is 5.77. The lowest BCUT2D eigenvalue weighted by molar-refractivity contribution is -0.133. The Bertz CT molecular complexity index is 413. The van der Waals surface area contributed by atoms with Gasteiger partial charge in [-0.3, -0.25) is 15.5 Å². The van der Waals surface area contributed by atoms with E-state index in [1.165, 1.54) is 13.8 Å². The van der Waals surface area contributed by atoms with E-state index >= 15 is 0 Å². The molecule has 3 N–H and O–H groups in total. The van der Waals surface area contributed by atoms with Crippen LogP contribution in [0.2, 0.25) is 0 Å². The van der Waals surface area contributed by atoms with Gasteiger partial charge in [0.15, 0.2) is 0 Å². The van der Waals surface area contributed by atoms with Gasteiger partial charge < -0.3 is 9.84 Å². The van der Waals surface area contributed by atoms with Crippen LogP contribution in [0.1, 0.15) is 13.8 Å². The zero-order valence-electron chi connectivity index (χ0n) is 10.9.